The van der Waals surface area contributed by atoms with E-state index in [1.165, 1.54) is 0 Å². The summed E-state index contributed by atoms with van der Waals surface area (Å²) in [5.74, 6) is -0.700. The second-order valence-corrected chi connectivity index (χ2v) is 9.44. The lowest BCUT2D eigenvalue weighted by molar-refractivity contribution is -0.142. The number of ether oxygens (including phenoxy) is 1. The van der Waals surface area contributed by atoms with E-state index in [9.17, 15) is 9.36 Å². The Kier molecular flexibility index (Phi) is 4.96. The molecule has 3 atom stereocenters. The van der Waals surface area contributed by atoms with Crippen molar-refractivity contribution in [3.63, 3.8) is 0 Å². The summed E-state index contributed by atoms with van der Waals surface area (Å²) in [5.41, 5.74) is 0.538. The number of cyclic esters (lactones) is 1. The number of allylic oxidation sites excluding steroid dienone is 1. The Morgan fingerprint density at radius 3 is 1.92 bits per heavy atom. The van der Waals surface area contributed by atoms with Crippen molar-refractivity contribution >= 4 is 23.7 Å². The van der Waals surface area contributed by atoms with E-state index in [-0.39, 0.29) is 5.97 Å². The lowest BCUT2D eigenvalue weighted by Gasteiger charge is -2.30. The highest BCUT2D eigenvalue weighted by Gasteiger charge is 2.53. The van der Waals surface area contributed by atoms with Gasteiger partial charge in [0.15, 0.2) is 7.14 Å². The molecular formula is C21H23O3P. The Bertz CT molecular complexity index is 783. The van der Waals surface area contributed by atoms with E-state index in [2.05, 4.69) is 0 Å². The van der Waals surface area contributed by atoms with E-state index in [0.29, 0.717) is 0 Å². The van der Waals surface area contributed by atoms with Crippen LogP contribution in [0.2, 0.25) is 0 Å². The molecule has 25 heavy (non-hydrogen) atoms. The summed E-state index contributed by atoms with van der Waals surface area (Å²) in [5, 5.41) is 1.54. The Hall–Kier alpha value is -2.12. The highest BCUT2D eigenvalue weighted by molar-refractivity contribution is 7.79. The molecule has 1 heterocycles. The molecule has 1 fully saturated rings. The normalized spacial score (nSPS) is 24.2. The molecule has 3 nitrogen and oxygen atoms in total. The quantitative estimate of drug-likeness (QED) is 0.475. The van der Waals surface area contributed by atoms with Gasteiger partial charge in [0.2, 0.25) is 0 Å². The number of hydrogen-bond acceptors (Lipinski definition) is 3. The minimum absolute atomic E-state index is 0.275. The molecule has 130 valence electrons. The average Bonchev–Trinajstić information content (AvgIpc) is 2.97. The average molecular weight is 354 g/mol. The first-order valence-electron chi connectivity index (χ1n) is 8.54. The third-order valence-electron chi connectivity index (χ3n) is 5.04. The third kappa shape index (κ3) is 2.98. The van der Waals surface area contributed by atoms with E-state index < -0.39 is 24.8 Å². The maximum atomic E-state index is 14.5. The molecule has 0 amide bonds. The number of esters is 1. The zero-order valence-electron chi connectivity index (χ0n) is 14.8. The van der Waals surface area contributed by atoms with Crippen LogP contribution in [-0.2, 0) is 14.1 Å². The summed E-state index contributed by atoms with van der Waals surface area (Å²) in [6, 6.07) is 19.0. The van der Waals surface area contributed by atoms with Crippen LogP contribution in [0, 0.1) is 5.92 Å². The summed E-state index contributed by atoms with van der Waals surface area (Å²) >= 11 is 0. The number of hydrogen-bond donors (Lipinski definition) is 0. The molecule has 3 rings (SSSR count). The van der Waals surface area contributed by atoms with Crippen molar-refractivity contribution in [1.29, 1.82) is 0 Å². The summed E-state index contributed by atoms with van der Waals surface area (Å²) in [6.45, 7) is 5.68. The fourth-order valence-electron chi connectivity index (χ4n) is 3.53. The minimum atomic E-state index is -3.08. The van der Waals surface area contributed by atoms with E-state index in [1.54, 1.807) is 0 Å². The van der Waals surface area contributed by atoms with Crippen LogP contribution in [0.1, 0.15) is 20.8 Å². The van der Waals surface area contributed by atoms with Crippen LogP contribution >= 0.6 is 7.14 Å². The van der Waals surface area contributed by atoms with Gasteiger partial charge in [0, 0.05) is 10.6 Å². The Labute approximate surface area is 149 Å². The molecule has 0 spiro atoms. The smallest absolute Gasteiger partial charge is 0.310 e. The second kappa shape index (κ2) is 7.01. The molecule has 1 aliphatic rings. The van der Waals surface area contributed by atoms with Crippen molar-refractivity contribution in [3.8, 4) is 0 Å². The van der Waals surface area contributed by atoms with Crippen LogP contribution in [0.4, 0.5) is 0 Å². The largest absolute Gasteiger partial charge is 0.457 e. The topological polar surface area (TPSA) is 43.4 Å². The molecule has 0 aliphatic carbocycles. The maximum absolute atomic E-state index is 14.5. The lowest BCUT2D eigenvalue weighted by Crippen LogP contribution is -2.35. The van der Waals surface area contributed by atoms with Gasteiger partial charge < -0.3 is 9.30 Å². The van der Waals surface area contributed by atoms with Gasteiger partial charge in [0.05, 0.1) is 11.6 Å². The summed E-state index contributed by atoms with van der Waals surface area (Å²) in [6.07, 6.45) is 1.47. The van der Waals surface area contributed by atoms with E-state index in [4.69, 9.17) is 4.74 Å². The van der Waals surface area contributed by atoms with Crippen LogP contribution in [0.15, 0.2) is 72.3 Å². The molecule has 0 bridgehead atoms. The Balaban J connectivity index is 2.24. The first kappa shape index (κ1) is 17.7. The van der Waals surface area contributed by atoms with Gasteiger partial charge in [-0.3, -0.25) is 4.79 Å². The highest BCUT2D eigenvalue weighted by Crippen LogP contribution is 2.56. The molecule has 0 saturated carbocycles. The molecule has 4 heteroatoms. The van der Waals surface area contributed by atoms with E-state index in [0.717, 1.165) is 16.2 Å². The molecule has 0 radical (unpaired) electrons. The monoisotopic (exact) mass is 354 g/mol. The molecular weight excluding hydrogens is 331 g/mol. The second-order valence-electron chi connectivity index (χ2n) is 6.50. The van der Waals surface area contributed by atoms with E-state index >= 15 is 0 Å². The van der Waals surface area contributed by atoms with Crippen molar-refractivity contribution in [2.75, 3.05) is 0 Å². The van der Waals surface area contributed by atoms with Crippen molar-refractivity contribution < 1.29 is 14.1 Å². The zero-order chi connectivity index (χ0) is 18.0. The molecule has 2 aromatic rings. The lowest BCUT2D eigenvalue weighted by atomic mass is 10.0. The first-order valence-corrected chi connectivity index (χ1v) is 10.3. The fraction of sp³-hybridized carbons (Fsp3) is 0.286. The molecule has 0 unspecified atom stereocenters. The predicted molar refractivity (Wildman–Crippen MR) is 102 cm³/mol. The van der Waals surface area contributed by atoms with Crippen LogP contribution in [0.3, 0.4) is 0 Å². The van der Waals surface area contributed by atoms with Crippen molar-refractivity contribution in [3.05, 3.63) is 72.3 Å². The van der Waals surface area contributed by atoms with Crippen LogP contribution in [0.5, 0.6) is 0 Å². The van der Waals surface area contributed by atoms with Gasteiger partial charge in [-0.25, -0.2) is 0 Å². The third-order valence-corrected chi connectivity index (χ3v) is 8.73. The molecule has 0 N–H and O–H groups in total. The standard InChI is InChI=1S/C21H23O3P/c1-4-15(2)19-20(16(3)21(22)24-19)25(23,17-11-7-5-8-12-17)18-13-9-6-10-14-18/h4-14,16,19-20H,1-3H3/b15-4+/t16-,19-,20-/m1/s1. The summed E-state index contributed by atoms with van der Waals surface area (Å²) in [4.78, 5) is 12.4. The SMILES string of the molecule is C/C=C(\C)[C@H]1OC(=O)[C@H](C)[C@H]1P(=O)(c1ccccc1)c1ccccc1. The van der Waals surface area contributed by atoms with Gasteiger partial charge in [0.25, 0.3) is 0 Å². The number of carbonyl (C=O) groups is 1. The van der Waals surface area contributed by atoms with Gasteiger partial charge in [-0.1, -0.05) is 73.7 Å². The van der Waals surface area contributed by atoms with Gasteiger partial charge in [-0.15, -0.1) is 0 Å². The van der Waals surface area contributed by atoms with Crippen molar-refractivity contribution in [1.82, 2.24) is 0 Å². The molecule has 0 aromatic heterocycles. The van der Waals surface area contributed by atoms with Crippen molar-refractivity contribution in [2.45, 2.75) is 32.5 Å². The van der Waals surface area contributed by atoms with Gasteiger partial charge >= 0.3 is 5.97 Å². The van der Waals surface area contributed by atoms with E-state index in [1.807, 2.05) is 87.5 Å². The summed E-state index contributed by atoms with van der Waals surface area (Å²) in [7, 11) is -3.08. The first-order chi connectivity index (χ1) is 12.0. The number of carbonyl (C=O) groups excluding carboxylic acids is 1. The van der Waals surface area contributed by atoms with Gasteiger partial charge in [0.1, 0.15) is 6.10 Å². The number of rotatable bonds is 4. The zero-order valence-corrected chi connectivity index (χ0v) is 15.6. The van der Waals surface area contributed by atoms with Crippen LogP contribution < -0.4 is 10.6 Å². The Morgan fingerprint density at radius 2 is 1.48 bits per heavy atom. The predicted octanol–water partition coefficient (Wildman–Crippen LogP) is 3.90. The van der Waals surface area contributed by atoms with Crippen molar-refractivity contribution in [2.24, 2.45) is 5.92 Å². The molecule has 2 aromatic carbocycles. The Morgan fingerprint density at radius 1 is 1.00 bits per heavy atom. The summed E-state index contributed by atoms with van der Waals surface area (Å²) < 4.78 is 20.2. The maximum Gasteiger partial charge on any atom is 0.310 e. The highest BCUT2D eigenvalue weighted by atomic mass is 31.2. The molecule has 1 saturated heterocycles. The fourth-order valence-corrected chi connectivity index (χ4v) is 7.17. The van der Waals surface area contributed by atoms with Gasteiger partial charge in [-0.2, -0.15) is 0 Å². The minimum Gasteiger partial charge on any atom is -0.457 e. The number of benzene rings is 2. The van der Waals surface area contributed by atoms with Crippen LogP contribution in [0.25, 0.3) is 0 Å². The van der Waals surface area contributed by atoms with Crippen LogP contribution in [-0.4, -0.2) is 17.7 Å². The molecule has 1 aliphatic heterocycles. The van der Waals surface area contributed by atoms with Gasteiger partial charge in [-0.05, 0) is 19.4 Å².